The Hall–Kier alpha value is -2.57. The Bertz CT molecular complexity index is 830. The maximum Gasteiger partial charge on any atom is 0.162 e. The maximum absolute atomic E-state index is 4.61. The first kappa shape index (κ1) is 15.3. The number of hydrogen-bond acceptors (Lipinski definition) is 5. The fourth-order valence-electron chi connectivity index (χ4n) is 2.77. The summed E-state index contributed by atoms with van der Waals surface area (Å²) in [6.45, 7) is 9.63. The lowest BCUT2D eigenvalue weighted by molar-refractivity contribution is 0.496. The summed E-state index contributed by atoms with van der Waals surface area (Å²) in [5.41, 5.74) is 4.14. The van der Waals surface area contributed by atoms with Gasteiger partial charge in [0, 0.05) is 23.9 Å². The largest absolute Gasteiger partial charge is 0.274 e. The summed E-state index contributed by atoms with van der Waals surface area (Å²) in [5.74, 6) is 0.760. The molecule has 23 heavy (non-hydrogen) atoms. The number of aryl methyl sites for hydroxylation is 2. The third kappa shape index (κ3) is 2.86. The minimum absolute atomic E-state index is 0.0892. The monoisotopic (exact) mass is 311 g/mol. The van der Waals surface area contributed by atoms with Crippen molar-refractivity contribution < 1.29 is 0 Å². The van der Waals surface area contributed by atoms with Gasteiger partial charge in [0.15, 0.2) is 5.65 Å². The van der Waals surface area contributed by atoms with Crippen LogP contribution < -0.4 is 0 Å². The highest BCUT2D eigenvalue weighted by Crippen LogP contribution is 2.19. The number of aromatic nitrogens is 6. The van der Waals surface area contributed by atoms with Crippen molar-refractivity contribution in [3.05, 3.63) is 41.4 Å². The van der Waals surface area contributed by atoms with E-state index in [2.05, 4.69) is 38.8 Å². The van der Waals surface area contributed by atoms with Gasteiger partial charge in [-0.2, -0.15) is 10.2 Å². The summed E-state index contributed by atoms with van der Waals surface area (Å²) < 4.78 is 3.64. The molecule has 0 radical (unpaired) electrons. The predicted molar refractivity (Wildman–Crippen MR) is 88.8 cm³/mol. The molecular formula is C16H21N7. The van der Waals surface area contributed by atoms with E-state index in [-0.39, 0.29) is 6.17 Å². The molecule has 0 N–H and O–H groups in total. The van der Waals surface area contributed by atoms with E-state index >= 15 is 0 Å². The highest BCUT2D eigenvalue weighted by atomic mass is 15.3. The van der Waals surface area contributed by atoms with Crippen LogP contribution in [0.3, 0.4) is 0 Å². The van der Waals surface area contributed by atoms with Crippen LogP contribution in [0.4, 0.5) is 0 Å². The molecule has 0 bridgehead atoms. The summed E-state index contributed by atoms with van der Waals surface area (Å²) in [6.07, 6.45) is 6.08. The first-order valence-electron chi connectivity index (χ1n) is 7.82. The highest BCUT2D eigenvalue weighted by Gasteiger charge is 2.15. The third-order valence-corrected chi connectivity index (χ3v) is 3.90. The summed E-state index contributed by atoms with van der Waals surface area (Å²) >= 11 is 0. The number of aliphatic imine (C=N–C) groups is 1. The van der Waals surface area contributed by atoms with E-state index in [9.17, 15) is 0 Å². The molecule has 3 aromatic heterocycles. The molecule has 0 aliphatic heterocycles. The SMILES string of the molecule is C=NC(C)n1nccc1Cc1ncn2nc(C)nc2c1CCC. The first-order valence-corrected chi connectivity index (χ1v) is 7.82. The number of fused-ring (bicyclic) bond motifs is 1. The van der Waals surface area contributed by atoms with Crippen LogP contribution in [0.5, 0.6) is 0 Å². The van der Waals surface area contributed by atoms with Crippen molar-refractivity contribution >= 4 is 12.4 Å². The number of hydrogen-bond donors (Lipinski definition) is 0. The van der Waals surface area contributed by atoms with Crippen LogP contribution in [0.2, 0.25) is 0 Å². The van der Waals surface area contributed by atoms with Gasteiger partial charge in [-0.3, -0.25) is 4.99 Å². The van der Waals surface area contributed by atoms with Gasteiger partial charge in [-0.25, -0.2) is 19.2 Å². The zero-order valence-electron chi connectivity index (χ0n) is 13.8. The molecule has 120 valence electrons. The molecule has 7 heteroatoms. The Morgan fingerprint density at radius 1 is 1.39 bits per heavy atom. The van der Waals surface area contributed by atoms with Crippen molar-refractivity contribution in [2.45, 2.75) is 46.2 Å². The van der Waals surface area contributed by atoms with Crippen LogP contribution in [-0.2, 0) is 12.8 Å². The van der Waals surface area contributed by atoms with Gasteiger partial charge in [0.1, 0.15) is 18.3 Å². The zero-order valence-corrected chi connectivity index (χ0v) is 13.8. The van der Waals surface area contributed by atoms with Crippen LogP contribution in [0.25, 0.3) is 5.65 Å². The lowest BCUT2D eigenvalue weighted by atomic mass is 10.1. The second-order valence-electron chi connectivity index (χ2n) is 5.61. The van der Waals surface area contributed by atoms with Crippen molar-refractivity contribution in [1.29, 1.82) is 0 Å². The molecule has 0 spiro atoms. The maximum atomic E-state index is 4.61. The van der Waals surface area contributed by atoms with Gasteiger partial charge in [-0.05, 0) is 33.1 Å². The molecule has 3 aromatic rings. The third-order valence-electron chi connectivity index (χ3n) is 3.90. The molecule has 0 saturated heterocycles. The van der Waals surface area contributed by atoms with E-state index in [0.29, 0.717) is 6.42 Å². The second kappa shape index (κ2) is 6.28. The van der Waals surface area contributed by atoms with Gasteiger partial charge in [0.05, 0.1) is 5.69 Å². The van der Waals surface area contributed by atoms with Crippen molar-refractivity contribution in [3.8, 4) is 0 Å². The first-order chi connectivity index (χ1) is 11.1. The smallest absolute Gasteiger partial charge is 0.162 e. The van der Waals surface area contributed by atoms with E-state index in [1.165, 1.54) is 0 Å². The molecular weight excluding hydrogens is 290 g/mol. The molecule has 3 heterocycles. The minimum atomic E-state index is -0.0892. The van der Waals surface area contributed by atoms with E-state index in [4.69, 9.17) is 0 Å². The predicted octanol–water partition coefficient (Wildman–Crippen LogP) is 2.39. The molecule has 0 amide bonds. The lowest BCUT2D eigenvalue weighted by Crippen LogP contribution is -2.11. The molecule has 0 aromatic carbocycles. The lowest BCUT2D eigenvalue weighted by Gasteiger charge is -2.13. The van der Waals surface area contributed by atoms with Crippen molar-refractivity contribution in [2.24, 2.45) is 4.99 Å². The van der Waals surface area contributed by atoms with Crippen molar-refractivity contribution in [3.63, 3.8) is 0 Å². The molecule has 0 aliphatic rings. The molecule has 0 fully saturated rings. The van der Waals surface area contributed by atoms with E-state index in [1.54, 1.807) is 17.0 Å². The van der Waals surface area contributed by atoms with Gasteiger partial charge in [-0.15, -0.1) is 0 Å². The highest BCUT2D eigenvalue weighted by molar-refractivity contribution is 5.49. The number of nitrogens with zero attached hydrogens (tertiary/aromatic N) is 7. The van der Waals surface area contributed by atoms with Crippen LogP contribution in [0, 0.1) is 6.92 Å². The molecule has 3 rings (SSSR count). The average molecular weight is 311 g/mol. The Morgan fingerprint density at radius 3 is 2.96 bits per heavy atom. The van der Waals surface area contributed by atoms with Gasteiger partial charge < -0.3 is 0 Å². The summed E-state index contributed by atoms with van der Waals surface area (Å²) in [6, 6.07) is 2.00. The summed E-state index contributed by atoms with van der Waals surface area (Å²) in [4.78, 5) is 13.2. The van der Waals surface area contributed by atoms with Gasteiger partial charge >= 0.3 is 0 Å². The standard InChI is InChI=1S/C16H21N7/c1-5-6-14-15(18-10-22-16(14)20-11(2)21-22)9-13-7-8-19-23(13)12(3)17-4/h7-8,10,12H,4-6,9H2,1-3H3. The van der Waals surface area contributed by atoms with Gasteiger partial charge in [0.2, 0.25) is 0 Å². The van der Waals surface area contributed by atoms with E-state index in [0.717, 1.165) is 41.3 Å². The summed E-state index contributed by atoms with van der Waals surface area (Å²) in [5, 5.41) is 8.70. The number of rotatable bonds is 6. The topological polar surface area (TPSA) is 73.3 Å². The molecule has 0 saturated carbocycles. The molecule has 7 nitrogen and oxygen atoms in total. The van der Waals surface area contributed by atoms with Crippen molar-refractivity contribution in [1.82, 2.24) is 29.4 Å². The van der Waals surface area contributed by atoms with Crippen molar-refractivity contribution in [2.75, 3.05) is 0 Å². The normalized spacial score (nSPS) is 12.7. The average Bonchev–Trinajstić information content (AvgIpc) is 3.14. The van der Waals surface area contributed by atoms with Gasteiger partial charge in [-0.1, -0.05) is 13.3 Å². The fourth-order valence-corrected chi connectivity index (χ4v) is 2.77. The second-order valence-corrected chi connectivity index (χ2v) is 5.61. The van der Waals surface area contributed by atoms with Crippen LogP contribution in [-0.4, -0.2) is 36.1 Å². The Morgan fingerprint density at radius 2 is 2.22 bits per heavy atom. The molecule has 1 atom stereocenters. The Balaban J connectivity index is 2.04. The van der Waals surface area contributed by atoms with Crippen LogP contribution in [0.1, 0.15) is 49.2 Å². The fraction of sp³-hybridized carbons (Fsp3) is 0.438. The Labute approximate surface area is 135 Å². The minimum Gasteiger partial charge on any atom is -0.274 e. The van der Waals surface area contributed by atoms with E-state index < -0.39 is 0 Å². The zero-order chi connectivity index (χ0) is 16.4. The van der Waals surface area contributed by atoms with E-state index in [1.807, 2.05) is 24.6 Å². The summed E-state index contributed by atoms with van der Waals surface area (Å²) in [7, 11) is 0. The van der Waals surface area contributed by atoms with Crippen LogP contribution >= 0.6 is 0 Å². The molecule has 1 unspecified atom stereocenters. The Kier molecular flexibility index (Phi) is 4.18. The van der Waals surface area contributed by atoms with Gasteiger partial charge in [0.25, 0.3) is 0 Å². The van der Waals surface area contributed by atoms with Crippen LogP contribution in [0.15, 0.2) is 23.6 Å². The molecule has 0 aliphatic carbocycles. The quantitative estimate of drug-likeness (QED) is 0.655.